The van der Waals surface area contributed by atoms with Crippen LogP contribution in [0.25, 0.3) is 11.3 Å². The van der Waals surface area contributed by atoms with Gasteiger partial charge in [0.1, 0.15) is 6.23 Å². The fourth-order valence-corrected chi connectivity index (χ4v) is 3.88. The molecule has 1 fully saturated rings. The van der Waals surface area contributed by atoms with E-state index in [0.29, 0.717) is 11.3 Å². The first-order valence-corrected chi connectivity index (χ1v) is 10.4. The highest BCUT2D eigenvalue weighted by Crippen LogP contribution is 2.26. The van der Waals surface area contributed by atoms with E-state index in [0.717, 1.165) is 38.5 Å². The van der Waals surface area contributed by atoms with Gasteiger partial charge in [-0.15, -0.1) is 0 Å². The second-order valence-corrected chi connectivity index (χ2v) is 7.78. The fourth-order valence-electron chi connectivity index (χ4n) is 3.67. The van der Waals surface area contributed by atoms with Crippen LogP contribution >= 0.6 is 11.6 Å². The van der Waals surface area contributed by atoms with Crippen molar-refractivity contribution in [3.63, 3.8) is 0 Å². The highest BCUT2D eigenvalue weighted by atomic mass is 35.5. The summed E-state index contributed by atoms with van der Waals surface area (Å²) < 4.78 is 1.17. The Morgan fingerprint density at radius 3 is 2.62 bits per heavy atom. The second kappa shape index (κ2) is 10.0. The van der Waals surface area contributed by atoms with Gasteiger partial charge in [0.05, 0.1) is 29.4 Å². The van der Waals surface area contributed by atoms with Crippen LogP contribution < -0.4 is 10.9 Å². The molecule has 0 spiro atoms. The lowest BCUT2D eigenvalue weighted by Crippen LogP contribution is -2.40. The zero-order chi connectivity index (χ0) is 20.8. The number of carbonyl (C=O) groups excluding carboxylic acids is 1. The van der Waals surface area contributed by atoms with Gasteiger partial charge in [0.15, 0.2) is 0 Å². The average Bonchev–Trinajstić information content (AvgIpc) is 3.00. The molecule has 1 aliphatic carbocycles. The van der Waals surface area contributed by atoms with Gasteiger partial charge in [-0.05, 0) is 31.0 Å². The van der Waals surface area contributed by atoms with E-state index in [-0.39, 0.29) is 35.2 Å². The lowest BCUT2D eigenvalue weighted by atomic mass is 9.98. The standard InChI is InChI=1S/C21H26ClN3O4/c22-17-8-7-15(18-9-10-19(27)25(24-18)11-12-26)13-16(17)21(29)23-20(28)14-5-3-1-2-4-6-14/h7-10,13-14,20,26,28H,1-6,11-12H2,(H,23,29). The molecule has 1 heterocycles. The number of carbonyl (C=O) groups is 1. The molecule has 1 atom stereocenters. The lowest BCUT2D eigenvalue weighted by molar-refractivity contribution is 0.0532. The molecule has 1 saturated carbocycles. The summed E-state index contributed by atoms with van der Waals surface area (Å²) in [5.74, 6) is -0.399. The smallest absolute Gasteiger partial charge is 0.266 e. The molecule has 1 amide bonds. The first-order valence-electron chi connectivity index (χ1n) is 9.97. The molecular weight excluding hydrogens is 394 g/mol. The molecule has 1 aromatic carbocycles. The summed E-state index contributed by atoms with van der Waals surface area (Å²) in [6.45, 7) is -0.120. The summed E-state index contributed by atoms with van der Waals surface area (Å²) in [7, 11) is 0. The maximum absolute atomic E-state index is 12.7. The Kier molecular flexibility index (Phi) is 7.41. The number of rotatable bonds is 6. The summed E-state index contributed by atoms with van der Waals surface area (Å²) in [4.78, 5) is 24.5. The molecule has 1 aromatic heterocycles. The first kappa shape index (κ1) is 21.5. The minimum absolute atomic E-state index is 0.0483. The van der Waals surface area contributed by atoms with Gasteiger partial charge in [-0.3, -0.25) is 9.59 Å². The van der Waals surface area contributed by atoms with Crippen LogP contribution in [0.3, 0.4) is 0 Å². The molecule has 0 saturated heterocycles. The normalized spacial score (nSPS) is 16.2. The number of hydrogen-bond donors (Lipinski definition) is 3. The number of nitrogens with zero attached hydrogens (tertiary/aromatic N) is 2. The number of halogens is 1. The van der Waals surface area contributed by atoms with Crippen LogP contribution in [-0.4, -0.2) is 38.7 Å². The molecule has 8 heteroatoms. The maximum atomic E-state index is 12.7. The third-order valence-electron chi connectivity index (χ3n) is 5.31. The number of aromatic nitrogens is 2. The van der Waals surface area contributed by atoms with E-state index in [1.165, 1.54) is 10.7 Å². The van der Waals surface area contributed by atoms with Crippen molar-refractivity contribution in [2.45, 2.75) is 51.3 Å². The number of aliphatic hydroxyl groups is 2. The molecule has 29 heavy (non-hydrogen) atoms. The molecule has 0 radical (unpaired) electrons. The van der Waals surface area contributed by atoms with Crippen molar-refractivity contribution in [1.82, 2.24) is 15.1 Å². The third-order valence-corrected chi connectivity index (χ3v) is 5.64. The summed E-state index contributed by atoms with van der Waals surface area (Å²) in [5, 5.41) is 26.7. The van der Waals surface area contributed by atoms with Crippen LogP contribution in [0.5, 0.6) is 0 Å². The second-order valence-electron chi connectivity index (χ2n) is 7.37. The van der Waals surface area contributed by atoms with Gasteiger partial charge in [0.2, 0.25) is 0 Å². The van der Waals surface area contributed by atoms with Crippen molar-refractivity contribution in [3.8, 4) is 11.3 Å². The van der Waals surface area contributed by atoms with Crippen molar-refractivity contribution >= 4 is 17.5 Å². The topological polar surface area (TPSA) is 104 Å². The van der Waals surface area contributed by atoms with Crippen LogP contribution in [0, 0.1) is 5.92 Å². The zero-order valence-electron chi connectivity index (χ0n) is 16.2. The van der Waals surface area contributed by atoms with E-state index >= 15 is 0 Å². The van der Waals surface area contributed by atoms with Crippen molar-refractivity contribution < 1.29 is 15.0 Å². The molecule has 0 aliphatic heterocycles. The van der Waals surface area contributed by atoms with Crippen molar-refractivity contribution in [1.29, 1.82) is 0 Å². The molecule has 7 nitrogen and oxygen atoms in total. The number of nitrogens with one attached hydrogen (secondary N) is 1. The molecule has 1 unspecified atom stereocenters. The van der Waals surface area contributed by atoms with E-state index < -0.39 is 12.1 Å². The van der Waals surface area contributed by atoms with Gasteiger partial charge in [-0.25, -0.2) is 4.68 Å². The van der Waals surface area contributed by atoms with Crippen LogP contribution in [0.15, 0.2) is 35.1 Å². The average molecular weight is 420 g/mol. The van der Waals surface area contributed by atoms with Gasteiger partial charge in [0, 0.05) is 17.5 Å². The van der Waals surface area contributed by atoms with Gasteiger partial charge in [-0.2, -0.15) is 5.10 Å². The number of hydrogen-bond acceptors (Lipinski definition) is 5. The van der Waals surface area contributed by atoms with E-state index in [1.54, 1.807) is 24.3 Å². The predicted octanol–water partition coefficient (Wildman–Crippen LogP) is 2.57. The Morgan fingerprint density at radius 1 is 1.21 bits per heavy atom. The Morgan fingerprint density at radius 2 is 1.93 bits per heavy atom. The molecule has 156 valence electrons. The molecule has 2 aromatic rings. The Bertz CT molecular complexity index is 907. The van der Waals surface area contributed by atoms with Gasteiger partial charge >= 0.3 is 0 Å². The fraction of sp³-hybridized carbons (Fsp3) is 0.476. The van der Waals surface area contributed by atoms with Crippen LogP contribution in [0.1, 0.15) is 48.9 Å². The monoisotopic (exact) mass is 419 g/mol. The third kappa shape index (κ3) is 5.44. The number of benzene rings is 1. The van der Waals surface area contributed by atoms with E-state index in [4.69, 9.17) is 16.7 Å². The lowest BCUT2D eigenvalue weighted by Gasteiger charge is -2.22. The quantitative estimate of drug-likeness (QED) is 0.493. The van der Waals surface area contributed by atoms with Gasteiger partial charge in [0.25, 0.3) is 11.5 Å². The van der Waals surface area contributed by atoms with Crippen LogP contribution in [0.4, 0.5) is 0 Å². The van der Waals surface area contributed by atoms with Gasteiger partial charge < -0.3 is 15.5 Å². The van der Waals surface area contributed by atoms with Crippen molar-refractivity contribution in [3.05, 3.63) is 51.3 Å². The Balaban J connectivity index is 1.80. The molecular formula is C21H26ClN3O4. The summed E-state index contributed by atoms with van der Waals surface area (Å²) in [5.41, 5.74) is 1.00. The van der Waals surface area contributed by atoms with Crippen molar-refractivity contribution in [2.75, 3.05) is 6.61 Å². The molecule has 0 bridgehead atoms. The number of amides is 1. The SMILES string of the molecule is O=C(NC(O)C1CCCCCC1)c1cc(-c2ccc(=O)n(CCO)n2)ccc1Cl. The minimum Gasteiger partial charge on any atom is -0.394 e. The largest absolute Gasteiger partial charge is 0.394 e. The predicted molar refractivity (Wildman–Crippen MR) is 111 cm³/mol. The Labute approximate surface area is 174 Å². The number of aliphatic hydroxyl groups excluding tert-OH is 2. The highest BCUT2D eigenvalue weighted by Gasteiger charge is 2.23. The van der Waals surface area contributed by atoms with Crippen LogP contribution in [-0.2, 0) is 6.54 Å². The minimum atomic E-state index is -0.912. The first-order chi connectivity index (χ1) is 14.0. The summed E-state index contributed by atoms with van der Waals surface area (Å²) in [6.07, 6.45) is 5.32. The molecule has 3 rings (SSSR count). The maximum Gasteiger partial charge on any atom is 0.266 e. The van der Waals surface area contributed by atoms with Gasteiger partial charge in [-0.1, -0.05) is 43.4 Å². The Hall–Kier alpha value is -2.22. The summed E-state index contributed by atoms with van der Waals surface area (Å²) >= 11 is 6.23. The van der Waals surface area contributed by atoms with E-state index in [1.807, 2.05) is 0 Å². The zero-order valence-corrected chi connectivity index (χ0v) is 16.9. The van der Waals surface area contributed by atoms with Crippen LogP contribution in [0.2, 0.25) is 5.02 Å². The van der Waals surface area contributed by atoms with Crippen molar-refractivity contribution in [2.24, 2.45) is 5.92 Å². The van der Waals surface area contributed by atoms with E-state index in [9.17, 15) is 14.7 Å². The highest BCUT2D eigenvalue weighted by molar-refractivity contribution is 6.34. The van der Waals surface area contributed by atoms with E-state index in [2.05, 4.69) is 10.4 Å². The summed E-state index contributed by atoms with van der Waals surface area (Å²) in [6, 6.07) is 7.81. The molecule has 1 aliphatic rings. The molecule has 3 N–H and O–H groups in total.